The molecule has 1 aliphatic carbocycles. The standard InChI is InChI=1S/C14H25N3O/c1-17-11-13(10-16-17)6-9-18-12-14(15)7-4-2-3-5-8-14/h10-11H,2-9,12,15H2,1H3. The molecule has 1 fully saturated rings. The maximum absolute atomic E-state index is 6.40. The molecule has 0 atom stereocenters. The highest BCUT2D eigenvalue weighted by Gasteiger charge is 2.26. The smallest absolute Gasteiger partial charge is 0.0646 e. The van der Waals surface area contributed by atoms with Gasteiger partial charge in [-0.15, -0.1) is 0 Å². The van der Waals surface area contributed by atoms with Crippen LogP contribution in [0, 0.1) is 0 Å². The van der Waals surface area contributed by atoms with E-state index in [2.05, 4.69) is 5.10 Å². The van der Waals surface area contributed by atoms with Crippen LogP contribution in [0.5, 0.6) is 0 Å². The average molecular weight is 251 g/mol. The zero-order valence-corrected chi connectivity index (χ0v) is 11.4. The molecule has 0 aliphatic heterocycles. The number of aromatic nitrogens is 2. The normalized spacial score (nSPS) is 19.7. The summed E-state index contributed by atoms with van der Waals surface area (Å²) in [6, 6.07) is 0. The Hall–Kier alpha value is -0.870. The van der Waals surface area contributed by atoms with Crippen molar-refractivity contribution in [1.82, 2.24) is 9.78 Å². The molecule has 0 bridgehead atoms. The molecule has 1 saturated carbocycles. The fraction of sp³-hybridized carbons (Fsp3) is 0.786. The van der Waals surface area contributed by atoms with Crippen molar-refractivity contribution in [2.45, 2.75) is 50.5 Å². The summed E-state index contributed by atoms with van der Waals surface area (Å²) in [5, 5.41) is 4.15. The van der Waals surface area contributed by atoms with E-state index >= 15 is 0 Å². The van der Waals surface area contributed by atoms with E-state index < -0.39 is 0 Å². The molecule has 18 heavy (non-hydrogen) atoms. The third-order valence-corrected chi connectivity index (χ3v) is 3.78. The molecule has 1 heterocycles. The van der Waals surface area contributed by atoms with Crippen LogP contribution in [-0.2, 0) is 18.2 Å². The Kier molecular flexibility index (Phi) is 4.78. The van der Waals surface area contributed by atoms with E-state index in [4.69, 9.17) is 10.5 Å². The molecule has 4 nitrogen and oxygen atoms in total. The molecule has 0 aromatic carbocycles. The summed E-state index contributed by atoms with van der Waals surface area (Å²) in [6.45, 7) is 1.44. The molecule has 102 valence electrons. The fourth-order valence-corrected chi connectivity index (χ4v) is 2.64. The summed E-state index contributed by atoms with van der Waals surface area (Å²) >= 11 is 0. The summed E-state index contributed by atoms with van der Waals surface area (Å²) in [6.07, 6.45) is 12.2. The molecule has 2 N–H and O–H groups in total. The summed E-state index contributed by atoms with van der Waals surface area (Å²) in [7, 11) is 1.94. The summed E-state index contributed by atoms with van der Waals surface area (Å²) in [5.74, 6) is 0. The van der Waals surface area contributed by atoms with Crippen LogP contribution in [0.1, 0.15) is 44.1 Å². The first kappa shape index (κ1) is 13.6. The van der Waals surface area contributed by atoms with Crippen molar-refractivity contribution in [1.29, 1.82) is 0 Å². The topological polar surface area (TPSA) is 53.1 Å². The van der Waals surface area contributed by atoms with E-state index in [1.165, 1.54) is 31.2 Å². The maximum atomic E-state index is 6.40. The quantitative estimate of drug-likeness (QED) is 0.643. The Morgan fingerprint density at radius 2 is 2.06 bits per heavy atom. The predicted molar refractivity (Wildman–Crippen MR) is 72.4 cm³/mol. The van der Waals surface area contributed by atoms with Gasteiger partial charge < -0.3 is 10.5 Å². The lowest BCUT2D eigenvalue weighted by molar-refractivity contribution is 0.0800. The third-order valence-electron chi connectivity index (χ3n) is 3.78. The maximum Gasteiger partial charge on any atom is 0.0646 e. The van der Waals surface area contributed by atoms with Gasteiger partial charge in [0, 0.05) is 18.8 Å². The first-order chi connectivity index (χ1) is 8.68. The number of hydrogen-bond donors (Lipinski definition) is 1. The fourth-order valence-electron chi connectivity index (χ4n) is 2.64. The van der Waals surface area contributed by atoms with E-state index in [9.17, 15) is 0 Å². The van der Waals surface area contributed by atoms with Crippen molar-refractivity contribution in [3.63, 3.8) is 0 Å². The lowest BCUT2D eigenvalue weighted by Gasteiger charge is -2.27. The van der Waals surface area contributed by atoms with Gasteiger partial charge in [-0.2, -0.15) is 5.10 Å². The molecule has 0 saturated heterocycles. The highest BCUT2D eigenvalue weighted by atomic mass is 16.5. The van der Waals surface area contributed by atoms with Crippen LogP contribution in [0.25, 0.3) is 0 Å². The molecule has 0 unspecified atom stereocenters. The first-order valence-electron chi connectivity index (χ1n) is 7.02. The van der Waals surface area contributed by atoms with E-state index in [0.29, 0.717) is 6.61 Å². The van der Waals surface area contributed by atoms with Gasteiger partial charge in [0.05, 0.1) is 19.4 Å². The minimum atomic E-state index is -0.0779. The van der Waals surface area contributed by atoms with Crippen LogP contribution in [0.2, 0.25) is 0 Å². The summed E-state index contributed by atoms with van der Waals surface area (Å²) in [5.41, 5.74) is 7.55. The second-order valence-electron chi connectivity index (χ2n) is 5.60. The lowest BCUT2D eigenvalue weighted by Crippen LogP contribution is -2.44. The molecular formula is C14H25N3O. The minimum absolute atomic E-state index is 0.0779. The molecule has 0 spiro atoms. The molecule has 1 aromatic rings. The predicted octanol–water partition coefficient (Wildman–Crippen LogP) is 2.03. The van der Waals surface area contributed by atoms with Gasteiger partial charge in [0.2, 0.25) is 0 Å². The SMILES string of the molecule is Cn1cc(CCOCC2(N)CCCCCC2)cn1. The van der Waals surface area contributed by atoms with Crippen molar-refractivity contribution >= 4 is 0 Å². The van der Waals surface area contributed by atoms with Crippen molar-refractivity contribution < 1.29 is 4.74 Å². The van der Waals surface area contributed by atoms with Gasteiger partial charge in [0.25, 0.3) is 0 Å². The van der Waals surface area contributed by atoms with Crippen LogP contribution >= 0.6 is 0 Å². The Morgan fingerprint density at radius 1 is 1.33 bits per heavy atom. The highest BCUT2D eigenvalue weighted by Crippen LogP contribution is 2.25. The van der Waals surface area contributed by atoms with E-state index in [0.717, 1.165) is 25.9 Å². The zero-order valence-electron chi connectivity index (χ0n) is 11.4. The number of nitrogens with zero attached hydrogens (tertiary/aromatic N) is 2. The molecule has 1 aliphatic rings. The van der Waals surface area contributed by atoms with Gasteiger partial charge in [-0.1, -0.05) is 25.7 Å². The van der Waals surface area contributed by atoms with Gasteiger partial charge in [-0.25, -0.2) is 0 Å². The lowest BCUT2D eigenvalue weighted by atomic mass is 9.93. The largest absolute Gasteiger partial charge is 0.379 e. The van der Waals surface area contributed by atoms with E-state index in [1.54, 1.807) is 0 Å². The number of rotatable bonds is 5. The molecule has 0 amide bonds. The van der Waals surface area contributed by atoms with Crippen molar-refractivity contribution in [2.75, 3.05) is 13.2 Å². The van der Waals surface area contributed by atoms with Gasteiger partial charge in [-0.3, -0.25) is 4.68 Å². The van der Waals surface area contributed by atoms with Gasteiger partial charge >= 0.3 is 0 Å². The number of ether oxygens (including phenoxy) is 1. The van der Waals surface area contributed by atoms with Crippen LogP contribution in [-0.4, -0.2) is 28.5 Å². The number of hydrogen-bond acceptors (Lipinski definition) is 3. The van der Waals surface area contributed by atoms with Gasteiger partial charge in [0.15, 0.2) is 0 Å². The molecule has 1 aromatic heterocycles. The van der Waals surface area contributed by atoms with Crippen molar-refractivity contribution in [3.8, 4) is 0 Å². The molecule has 4 heteroatoms. The van der Waals surface area contributed by atoms with Crippen molar-refractivity contribution in [2.24, 2.45) is 12.8 Å². The molecule has 0 radical (unpaired) electrons. The first-order valence-corrected chi connectivity index (χ1v) is 7.02. The average Bonchev–Trinajstić information content (AvgIpc) is 2.63. The Balaban J connectivity index is 1.67. The minimum Gasteiger partial charge on any atom is -0.379 e. The third kappa shape index (κ3) is 4.10. The Morgan fingerprint density at radius 3 is 2.67 bits per heavy atom. The number of nitrogens with two attached hydrogens (primary N) is 1. The Bertz CT molecular complexity index is 354. The highest BCUT2D eigenvalue weighted by molar-refractivity contribution is 5.03. The van der Waals surface area contributed by atoms with Gasteiger partial charge in [0.1, 0.15) is 0 Å². The van der Waals surface area contributed by atoms with Crippen LogP contribution in [0.3, 0.4) is 0 Å². The zero-order chi connectivity index (χ0) is 12.8. The van der Waals surface area contributed by atoms with Crippen molar-refractivity contribution in [3.05, 3.63) is 18.0 Å². The number of aryl methyl sites for hydroxylation is 1. The second-order valence-corrected chi connectivity index (χ2v) is 5.60. The summed E-state index contributed by atoms with van der Waals surface area (Å²) < 4.78 is 7.61. The Labute approximate surface area is 110 Å². The summed E-state index contributed by atoms with van der Waals surface area (Å²) in [4.78, 5) is 0. The van der Waals surface area contributed by atoms with Crippen LogP contribution < -0.4 is 5.73 Å². The van der Waals surface area contributed by atoms with E-state index in [-0.39, 0.29) is 5.54 Å². The molecule has 2 rings (SSSR count). The van der Waals surface area contributed by atoms with Gasteiger partial charge in [-0.05, 0) is 24.8 Å². The monoisotopic (exact) mass is 251 g/mol. The second kappa shape index (κ2) is 6.34. The molecular weight excluding hydrogens is 226 g/mol. The van der Waals surface area contributed by atoms with Crippen LogP contribution in [0.4, 0.5) is 0 Å². The van der Waals surface area contributed by atoms with E-state index in [1.807, 2.05) is 24.1 Å². The van der Waals surface area contributed by atoms with Crippen LogP contribution in [0.15, 0.2) is 12.4 Å².